The van der Waals surface area contributed by atoms with Gasteiger partial charge in [0.1, 0.15) is 23.6 Å². The predicted octanol–water partition coefficient (Wildman–Crippen LogP) is 2.28. The van der Waals surface area contributed by atoms with E-state index in [0.29, 0.717) is 23.1 Å². The van der Waals surface area contributed by atoms with Gasteiger partial charge in [-0.25, -0.2) is 0 Å². The number of rotatable bonds is 4. The molecule has 11 heteroatoms. The number of para-hydroxylation sites is 1. The van der Waals surface area contributed by atoms with Crippen LogP contribution in [0, 0.1) is 0 Å². The highest BCUT2D eigenvalue weighted by Gasteiger charge is 2.33. The van der Waals surface area contributed by atoms with Crippen molar-refractivity contribution >= 4 is 22.8 Å². The van der Waals surface area contributed by atoms with Crippen LogP contribution < -0.4 is 10.9 Å². The van der Waals surface area contributed by atoms with Gasteiger partial charge in [0, 0.05) is 24.0 Å². The number of benzene rings is 1. The van der Waals surface area contributed by atoms with Crippen molar-refractivity contribution in [3.63, 3.8) is 0 Å². The van der Waals surface area contributed by atoms with E-state index in [0.717, 1.165) is 12.3 Å². The van der Waals surface area contributed by atoms with Gasteiger partial charge in [-0.05, 0) is 29.7 Å². The first-order valence-electron chi connectivity index (χ1n) is 9.48. The fourth-order valence-electron chi connectivity index (χ4n) is 3.95. The number of amides is 1. The van der Waals surface area contributed by atoms with Crippen LogP contribution in [-0.4, -0.2) is 38.2 Å². The van der Waals surface area contributed by atoms with Crippen molar-refractivity contribution in [1.29, 1.82) is 0 Å². The van der Waals surface area contributed by atoms with E-state index in [4.69, 9.17) is 5.11 Å². The Hall–Kier alpha value is -3.89. The van der Waals surface area contributed by atoms with Gasteiger partial charge in [0.25, 0.3) is 11.5 Å². The number of carboxylic acids is 1. The number of aromatic nitrogens is 2. The maximum Gasteiger partial charge on any atom is 0.433 e. The summed E-state index contributed by atoms with van der Waals surface area (Å²) in [7, 11) is 0. The summed E-state index contributed by atoms with van der Waals surface area (Å²) in [5.74, 6) is -3.32. The van der Waals surface area contributed by atoms with E-state index in [1.807, 2.05) is 0 Å². The summed E-state index contributed by atoms with van der Waals surface area (Å²) in [5, 5.41) is 21.7. The van der Waals surface area contributed by atoms with Gasteiger partial charge in [-0.3, -0.25) is 19.4 Å². The van der Waals surface area contributed by atoms with Crippen LogP contribution in [0.1, 0.15) is 33.1 Å². The van der Waals surface area contributed by atoms with Crippen LogP contribution in [0.15, 0.2) is 41.3 Å². The zero-order chi connectivity index (χ0) is 23.2. The summed E-state index contributed by atoms with van der Waals surface area (Å²) in [4.78, 5) is 39.7. The lowest BCUT2D eigenvalue weighted by atomic mass is 9.88. The number of hydrogen-bond donors (Lipinski definition) is 3. The van der Waals surface area contributed by atoms with E-state index in [2.05, 4.69) is 10.3 Å². The van der Waals surface area contributed by atoms with E-state index in [-0.39, 0.29) is 11.9 Å². The van der Waals surface area contributed by atoms with Gasteiger partial charge < -0.3 is 20.1 Å². The SMILES string of the molecule is O=C(O)CNC(=O)c1c(O)c2cccc3c2n(c1=O)CC(c1ccc(C(F)(F)F)nc1)C3. The van der Waals surface area contributed by atoms with Crippen molar-refractivity contribution in [2.45, 2.75) is 25.1 Å². The Bertz CT molecular complexity index is 1300. The highest BCUT2D eigenvalue weighted by molar-refractivity contribution is 6.03. The molecule has 2 aromatic heterocycles. The number of carbonyl (C=O) groups excluding carboxylic acids is 1. The highest BCUT2D eigenvalue weighted by Crippen LogP contribution is 2.36. The van der Waals surface area contributed by atoms with Crippen molar-refractivity contribution in [1.82, 2.24) is 14.9 Å². The van der Waals surface area contributed by atoms with Crippen LogP contribution in [0.4, 0.5) is 13.2 Å². The molecule has 1 atom stereocenters. The van der Waals surface area contributed by atoms with Gasteiger partial charge in [0.15, 0.2) is 0 Å². The summed E-state index contributed by atoms with van der Waals surface area (Å²) in [6, 6.07) is 7.05. The number of nitrogens with one attached hydrogen (secondary N) is 1. The molecule has 3 heterocycles. The zero-order valence-corrected chi connectivity index (χ0v) is 16.3. The molecule has 3 N–H and O–H groups in total. The first kappa shape index (κ1) is 21.3. The number of halogens is 3. The maximum atomic E-state index is 13.1. The van der Waals surface area contributed by atoms with Crippen molar-refractivity contribution < 1.29 is 33.0 Å². The molecular formula is C21H16F3N3O5. The molecule has 0 saturated heterocycles. The van der Waals surface area contributed by atoms with Gasteiger partial charge >= 0.3 is 12.1 Å². The fraction of sp³-hybridized carbons (Fsp3) is 0.238. The molecule has 0 saturated carbocycles. The third-order valence-electron chi connectivity index (χ3n) is 5.39. The van der Waals surface area contributed by atoms with Crippen molar-refractivity contribution in [2.24, 2.45) is 0 Å². The molecule has 0 fully saturated rings. The van der Waals surface area contributed by atoms with Crippen molar-refractivity contribution in [3.05, 3.63) is 69.3 Å². The molecule has 4 rings (SSSR count). The number of pyridine rings is 2. The number of aliphatic carboxylic acids is 1. The molecule has 0 radical (unpaired) electrons. The van der Waals surface area contributed by atoms with Gasteiger partial charge in [0.05, 0.1) is 5.52 Å². The Labute approximate surface area is 177 Å². The second-order valence-electron chi connectivity index (χ2n) is 7.40. The Morgan fingerprint density at radius 1 is 1.22 bits per heavy atom. The molecule has 1 aromatic carbocycles. The number of aromatic hydroxyl groups is 1. The third-order valence-corrected chi connectivity index (χ3v) is 5.39. The predicted molar refractivity (Wildman–Crippen MR) is 106 cm³/mol. The molecule has 0 aliphatic carbocycles. The number of alkyl halides is 3. The lowest BCUT2D eigenvalue weighted by Gasteiger charge is -2.28. The largest absolute Gasteiger partial charge is 0.506 e. The number of hydrogen-bond acceptors (Lipinski definition) is 5. The second-order valence-corrected chi connectivity index (χ2v) is 7.40. The van der Waals surface area contributed by atoms with Crippen LogP contribution in [-0.2, 0) is 23.9 Å². The molecule has 3 aromatic rings. The molecule has 166 valence electrons. The standard InChI is InChI=1S/C21H16F3N3O5/c22-21(23,24)14-5-4-11(7-25-14)12-6-10-2-1-3-13-17(10)27(9-12)20(32)16(18(13)30)19(31)26-8-15(28)29/h1-5,7,12,30H,6,8-9H2,(H,26,31)(H,28,29). The van der Waals surface area contributed by atoms with E-state index in [9.17, 15) is 32.7 Å². The molecule has 0 bridgehead atoms. The van der Waals surface area contributed by atoms with Gasteiger partial charge in [0.2, 0.25) is 0 Å². The first-order valence-corrected chi connectivity index (χ1v) is 9.48. The lowest BCUT2D eigenvalue weighted by molar-refractivity contribution is -0.141. The minimum Gasteiger partial charge on any atom is -0.506 e. The molecule has 1 amide bonds. The van der Waals surface area contributed by atoms with Crippen LogP contribution in [0.5, 0.6) is 5.75 Å². The fourth-order valence-corrected chi connectivity index (χ4v) is 3.95. The molecule has 32 heavy (non-hydrogen) atoms. The lowest BCUT2D eigenvalue weighted by Crippen LogP contribution is -2.37. The third kappa shape index (κ3) is 3.66. The average molecular weight is 447 g/mol. The summed E-state index contributed by atoms with van der Waals surface area (Å²) >= 11 is 0. The minimum absolute atomic E-state index is 0.0406. The average Bonchev–Trinajstić information content (AvgIpc) is 2.75. The van der Waals surface area contributed by atoms with Gasteiger partial charge in [-0.15, -0.1) is 0 Å². The molecule has 1 aliphatic heterocycles. The quantitative estimate of drug-likeness (QED) is 0.564. The zero-order valence-electron chi connectivity index (χ0n) is 16.3. The topological polar surface area (TPSA) is 122 Å². The van der Waals surface area contributed by atoms with E-state index >= 15 is 0 Å². The summed E-state index contributed by atoms with van der Waals surface area (Å²) < 4.78 is 39.8. The number of carbonyl (C=O) groups is 2. The van der Waals surface area contributed by atoms with E-state index in [1.54, 1.807) is 12.1 Å². The molecule has 1 aliphatic rings. The molecular weight excluding hydrogens is 431 g/mol. The second kappa shape index (κ2) is 7.66. The van der Waals surface area contributed by atoms with E-state index < -0.39 is 53.1 Å². The number of nitrogens with zero attached hydrogens (tertiary/aromatic N) is 2. The van der Waals surface area contributed by atoms with Crippen LogP contribution in [0.25, 0.3) is 10.9 Å². The summed E-state index contributed by atoms with van der Waals surface area (Å²) in [5.41, 5.74) is -0.877. The highest BCUT2D eigenvalue weighted by atomic mass is 19.4. The van der Waals surface area contributed by atoms with Crippen molar-refractivity contribution in [3.8, 4) is 5.75 Å². The normalized spacial score (nSPS) is 15.5. The van der Waals surface area contributed by atoms with Gasteiger partial charge in [-0.1, -0.05) is 18.2 Å². The monoisotopic (exact) mass is 447 g/mol. The number of carboxylic acid groups (broad SMARTS) is 1. The van der Waals surface area contributed by atoms with Gasteiger partial charge in [-0.2, -0.15) is 13.2 Å². The maximum absolute atomic E-state index is 13.1. The summed E-state index contributed by atoms with van der Waals surface area (Å²) in [6.45, 7) is -0.700. The van der Waals surface area contributed by atoms with E-state index in [1.165, 1.54) is 16.7 Å². The molecule has 1 unspecified atom stereocenters. The van der Waals surface area contributed by atoms with Crippen LogP contribution in [0.3, 0.4) is 0 Å². The van der Waals surface area contributed by atoms with Crippen LogP contribution in [0.2, 0.25) is 0 Å². The Morgan fingerprint density at radius 2 is 1.97 bits per heavy atom. The Morgan fingerprint density at radius 3 is 2.59 bits per heavy atom. The molecule has 8 nitrogen and oxygen atoms in total. The Kier molecular flexibility index (Phi) is 5.11. The van der Waals surface area contributed by atoms with Crippen molar-refractivity contribution in [2.75, 3.05) is 6.54 Å². The van der Waals surface area contributed by atoms with Crippen LogP contribution >= 0.6 is 0 Å². The first-order chi connectivity index (χ1) is 15.1. The smallest absolute Gasteiger partial charge is 0.433 e. The molecule has 0 spiro atoms. The minimum atomic E-state index is -4.57. The summed E-state index contributed by atoms with van der Waals surface area (Å²) in [6.07, 6.45) is -3.08. The Balaban J connectivity index is 1.79.